The van der Waals surface area contributed by atoms with Gasteiger partial charge in [0.1, 0.15) is 17.2 Å². The van der Waals surface area contributed by atoms with Gasteiger partial charge in [0, 0.05) is 23.7 Å². The number of benzene rings is 2. The minimum Gasteiger partial charge on any atom is -0.494 e. The van der Waals surface area contributed by atoms with Crippen molar-refractivity contribution >= 4 is 53.5 Å². The summed E-state index contributed by atoms with van der Waals surface area (Å²) in [6, 6.07) is 10.8. The van der Waals surface area contributed by atoms with Crippen LogP contribution in [0.2, 0.25) is 10.0 Å². The van der Waals surface area contributed by atoms with E-state index in [9.17, 15) is 4.79 Å². The number of nitrogen functional groups attached to an aromatic ring is 1. The van der Waals surface area contributed by atoms with Gasteiger partial charge in [-0.1, -0.05) is 48.5 Å². The van der Waals surface area contributed by atoms with Crippen LogP contribution in [0.15, 0.2) is 36.4 Å². The van der Waals surface area contributed by atoms with E-state index in [2.05, 4.69) is 15.2 Å². The number of ether oxygens (including phenoxy) is 2. The van der Waals surface area contributed by atoms with E-state index in [-0.39, 0.29) is 35.9 Å². The fourth-order valence-electron chi connectivity index (χ4n) is 4.77. The SMILES string of the molecule is CCOc1ccc(Cl)c(-c2nc(N)c(C(=O)NC3CCCCC3)nc2-c2ccc(Cl)c(OCCCN(C)C)c2)c1.Cl.O=C(O)O. The molecule has 0 atom stereocenters. The maximum atomic E-state index is 13.3. The number of carbonyl (C=O) groups excluding carboxylic acids is 1. The molecule has 0 radical (unpaired) electrons. The van der Waals surface area contributed by atoms with Gasteiger partial charge in [0.25, 0.3) is 5.91 Å². The van der Waals surface area contributed by atoms with Crippen LogP contribution in [0.3, 0.4) is 0 Å². The zero-order chi connectivity index (χ0) is 32.2. The van der Waals surface area contributed by atoms with Gasteiger partial charge in [-0.2, -0.15) is 0 Å². The van der Waals surface area contributed by atoms with Gasteiger partial charge >= 0.3 is 6.16 Å². The number of nitrogens with one attached hydrogen (secondary N) is 1. The number of anilines is 1. The summed E-state index contributed by atoms with van der Waals surface area (Å²) in [5, 5.41) is 18.0. The molecule has 246 valence electrons. The van der Waals surface area contributed by atoms with E-state index in [1.54, 1.807) is 24.3 Å². The molecule has 1 saturated carbocycles. The van der Waals surface area contributed by atoms with E-state index in [0.717, 1.165) is 38.6 Å². The summed E-state index contributed by atoms with van der Waals surface area (Å²) in [5.74, 6) is 0.838. The molecule has 11 nitrogen and oxygen atoms in total. The second-order valence-corrected chi connectivity index (χ2v) is 11.3. The second kappa shape index (κ2) is 18.5. The number of nitrogens with zero attached hydrogens (tertiary/aromatic N) is 3. The third-order valence-electron chi connectivity index (χ3n) is 6.79. The normalized spacial score (nSPS) is 12.8. The molecule has 1 aliphatic rings. The Morgan fingerprint density at radius 1 is 1.00 bits per heavy atom. The average Bonchev–Trinajstić information content (AvgIpc) is 2.97. The first kappa shape index (κ1) is 37.7. The summed E-state index contributed by atoms with van der Waals surface area (Å²) in [7, 11) is 4.03. The summed E-state index contributed by atoms with van der Waals surface area (Å²) in [4.78, 5) is 33.4. The third kappa shape index (κ3) is 11.4. The van der Waals surface area contributed by atoms with Crippen molar-refractivity contribution in [2.45, 2.75) is 51.5 Å². The molecule has 14 heteroatoms. The molecule has 1 amide bonds. The van der Waals surface area contributed by atoms with Crippen molar-refractivity contribution in [2.24, 2.45) is 0 Å². The molecule has 1 aliphatic carbocycles. The number of hydrogen-bond acceptors (Lipinski definition) is 8. The first-order chi connectivity index (χ1) is 21.0. The van der Waals surface area contributed by atoms with E-state index >= 15 is 0 Å². The van der Waals surface area contributed by atoms with Gasteiger partial charge < -0.3 is 35.6 Å². The second-order valence-electron chi connectivity index (χ2n) is 10.5. The number of amides is 1. The standard InChI is InChI=1S/C30H37Cl2N5O3.CH2O3.ClH/c1-4-39-21-12-14-23(31)22(18-21)27-26(19-11-13-24(32)25(17-19)40-16-8-15-37(2)3)35-28(29(33)36-27)30(38)34-20-9-6-5-7-10-20;2-1(3)4;/h11-14,17-18,20H,4-10,15-16H2,1-3H3,(H2,33,36)(H,34,38);(H2,2,3,4);1H. The Hall–Kier alpha value is -3.51. The lowest BCUT2D eigenvalue weighted by molar-refractivity contribution is 0.0923. The molecule has 0 bridgehead atoms. The molecule has 0 aliphatic heterocycles. The Labute approximate surface area is 279 Å². The maximum absolute atomic E-state index is 13.3. The lowest BCUT2D eigenvalue weighted by Crippen LogP contribution is -2.37. The number of hydrogen-bond donors (Lipinski definition) is 4. The molecule has 1 heterocycles. The molecule has 0 unspecified atom stereocenters. The lowest BCUT2D eigenvalue weighted by Gasteiger charge is -2.23. The maximum Gasteiger partial charge on any atom is 0.503 e. The molecule has 4 rings (SSSR count). The van der Waals surface area contributed by atoms with E-state index in [4.69, 9.17) is 58.4 Å². The van der Waals surface area contributed by atoms with E-state index in [1.807, 2.05) is 33.2 Å². The number of carbonyl (C=O) groups is 2. The number of halogens is 3. The molecular formula is C31H40Cl3N5O6. The quantitative estimate of drug-likeness (QED) is 0.153. The van der Waals surface area contributed by atoms with Crippen molar-refractivity contribution in [1.29, 1.82) is 0 Å². The van der Waals surface area contributed by atoms with Crippen LogP contribution in [0.5, 0.6) is 11.5 Å². The molecule has 2 aromatic carbocycles. The Balaban J connectivity index is 0.00000133. The Morgan fingerprint density at radius 2 is 1.67 bits per heavy atom. The Morgan fingerprint density at radius 3 is 2.31 bits per heavy atom. The van der Waals surface area contributed by atoms with Gasteiger partial charge in [0.05, 0.1) is 29.0 Å². The van der Waals surface area contributed by atoms with E-state index in [0.29, 0.717) is 57.3 Å². The largest absolute Gasteiger partial charge is 0.503 e. The van der Waals surface area contributed by atoms with Crippen molar-refractivity contribution in [3.8, 4) is 34.0 Å². The zero-order valence-electron chi connectivity index (χ0n) is 25.5. The van der Waals surface area contributed by atoms with Crippen LogP contribution in [-0.2, 0) is 0 Å². The highest BCUT2D eigenvalue weighted by Crippen LogP contribution is 2.39. The fraction of sp³-hybridized carbons (Fsp3) is 0.419. The van der Waals surface area contributed by atoms with Gasteiger partial charge in [0.15, 0.2) is 11.5 Å². The van der Waals surface area contributed by atoms with Crippen LogP contribution in [0.1, 0.15) is 55.9 Å². The predicted octanol–water partition coefficient (Wildman–Crippen LogP) is 7.14. The monoisotopic (exact) mass is 683 g/mol. The molecule has 45 heavy (non-hydrogen) atoms. The summed E-state index contributed by atoms with van der Waals surface area (Å²) < 4.78 is 11.7. The molecule has 5 N–H and O–H groups in total. The van der Waals surface area contributed by atoms with Crippen molar-refractivity contribution in [3.05, 3.63) is 52.1 Å². The zero-order valence-corrected chi connectivity index (χ0v) is 27.8. The minimum atomic E-state index is -1.83. The van der Waals surface area contributed by atoms with Crippen molar-refractivity contribution in [2.75, 3.05) is 39.6 Å². The Kier molecular flexibility index (Phi) is 15.5. The highest BCUT2D eigenvalue weighted by molar-refractivity contribution is 6.33. The highest BCUT2D eigenvalue weighted by Gasteiger charge is 2.24. The Bertz CT molecular complexity index is 1430. The molecule has 3 aromatic rings. The molecule has 1 fully saturated rings. The first-order valence-corrected chi connectivity index (χ1v) is 15.2. The summed E-state index contributed by atoms with van der Waals surface area (Å²) in [6.45, 7) is 3.79. The van der Waals surface area contributed by atoms with Crippen LogP contribution in [0.4, 0.5) is 10.6 Å². The van der Waals surface area contributed by atoms with Gasteiger partial charge in [-0.3, -0.25) is 4.79 Å². The number of carboxylic acid groups (broad SMARTS) is 2. The number of rotatable bonds is 11. The molecule has 1 aromatic heterocycles. The fourth-order valence-corrected chi connectivity index (χ4v) is 5.15. The van der Waals surface area contributed by atoms with Crippen LogP contribution < -0.4 is 20.5 Å². The van der Waals surface area contributed by atoms with Crippen molar-refractivity contribution < 1.29 is 29.3 Å². The van der Waals surface area contributed by atoms with Gasteiger partial charge in [0.2, 0.25) is 0 Å². The predicted molar refractivity (Wildman–Crippen MR) is 179 cm³/mol. The van der Waals surface area contributed by atoms with Crippen LogP contribution in [-0.4, -0.2) is 77.0 Å². The van der Waals surface area contributed by atoms with Crippen LogP contribution in [0, 0.1) is 0 Å². The smallest absolute Gasteiger partial charge is 0.494 e. The topological polar surface area (TPSA) is 160 Å². The molecule has 0 saturated heterocycles. The van der Waals surface area contributed by atoms with Crippen LogP contribution >= 0.6 is 35.6 Å². The molecular weight excluding hydrogens is 645 g/mol. The van der Waals surface area contributed by atoms with Gasteiger partial charge in [-0.15, -0.1) is 12.4 Å². The third-order valence-corrected chi connectivity index (χ3v) is 7.44. The van der Waals surface area contributed by atoms with E-state index in [1.165, 1.54) is 6.42 Å². The molecule has 0 spiro atoms. The van der Waals surface area contributed by atoms with Crippen molar-refractivity contribution in [3.63, 3.8) is 0 Å². The number of aromatic nitrogens is 2. The summed E-state index contributed by atoms with van der Waals surface area (Å²) >= 11 is 13.1. The van der Waals surface area contributed by atoms with Gasteiger partial charge in [-0.05, 0) is 70.6 Å². The minimum absolute atomic E-state index is 0. The first-order valence-electron chi connectivity index (χ1n) is 14.4. The summed E-state index contributed by atoms with van der Waals surface area (Å²) in [5.41, 5.74) is 8.55. The lowest BCUT2D eigenvalue weighted by atomic mass is 9.95. The summed E-state index contributed by atoms with van der Waals surface area (Å²) in [6.07, 6.45) is 4.25. The van der Waals surface area contributed by atoms with Crippen molar-refractivity contribution in [1.82, 2.24) is 20.2 Å². The van der Waals surface area contributed by atoms with E-state index < -0.39 is 6.16 Å². The number of nitrogens with two attached hydrogens (primary N) is 1. The van der Waals surface area contributed by atoms with Gasteiger partial charge in [-0.25, -0.2) is 14.8 Å². The average molecular weight is 685 g/mol. The van der Waals surface area contributed by atoms with Crippen LogP contribution in [0.25, 0.3) is 22.5 Å². The highest BCUT2D eigenvalue weighted by atomic mass is 35.5.